The maximum absolute atomic E-state index is 13.1. The summed E-state index contributed by atoms with van der Waals surface area (Å²) >= 11 is 0. The standard InChI is InChI=1S/C24H39F3O2/c1-15(14-24(25,26)27)19-7-8-20-18-6-5-16-13-17(29-28-4)9-11-22(16,2)21(18)10-12-23(19,20)3/h15-21H,5-14H2,1-4H3/t15-,16?,17?,18+,19?,20?,21?,22?,23?/m1/s1. The van der Waals surface area contributed by atoms with E-state index in [0.717, 1.165) is 38.0 Å². The molecular weight excluding hydrogens is 377 g/mol. The molecule has 29 heavy (non-hydrogen) atoms. The lowest BCUT2D eigenvalue weighted by Crippen LogP contribution is -2.54. The van der Waals surface area contributed by atoms with Crippen LogP contribution >= 0.6 is 0 Å². The number of hydrogen-bond donors (Lipinski definition) is 0. The molecule has 0 aliphatic heterocycles. The first-order valence-corrected chi connectivity index (χ1v) is 11.8. The molecule has 0 heterocycles. The lowest BCUT2D eigenvalue weighted by atomic mass is 9.44. The molecule has 0 aromatic carbocycles. The van der Waals surface area contributed by atoms with Crippen molar-refractivity contribution in [2.75, 3.05) is 7.11 Å². The molecule has 0 aromatic rings. The van der Waals surface area contributed by atoms with E-state index in [0.29, 0.717) is 23.2 Å². The van der Waals surface area contributed by atoms with Gasteiger partial charge in [-0.25, -0.2) is 9.78 Å². The summed E-state index contributed by atoms with van der Waals surface area (Å²) in [7, 11) is 1.60. The second-order valence-electron chi connectivity index (χ2n) is 11.3. The summed E-state index contributed by atoms with van der Waals surface area (Å²) in [6.07, 6.45) is 5.88. The fourth-order valence-electron chi connectivity index (χ4n) is 8.92. The first kappa shape index (κ1) is 21.9. The minimum absolute atomic E-state index is 0.103. The van der Waals surface area contributed by atoms with Crippen LogP contribution in [-0.2, 0) is 9.78 Å². The number of hydrogen-bond acceptors (Lipinski definition) is 2. The highest BCUT2D eigenvalue weighted by molar-refractivity contribution is 5.09. The largest absolute Gasteiger partial charge is 0.389 e. The molecule has 7 unspecified atom stereocenters. The summed E-state index contributed by atoms with van der Waals surface area (Å²) in [6, 6.07) is 0. The van der Waals surface area contributed by atoms with Crippen molar-refractivity contribution in [3.63, 3.8) is 0 Å². The number of fused-ring (bicyclic) bond motifs is 5. The van der Waals surface area contributed by atoms with E-state index in [1.807, 2.05) is 6.92 Å². The van der Waals surface area contributed by atoms with Crippen LogP contribution in [0.25, 0.3) is 0 Å². The van der Waals surface area contributed by atoms with E-state index < -0.39 is 12.6 Å². The number of halogens is 3. The Morgan fingerprint density at radius 3 is 2.31 bits per heavy atom. The van der Waals surface area contributed by atoms with E-state index in [4.69, 9.17) is 9.78 Å². The molecule has 4 aliphatic rings. The van der Waals surface area contributed by atoms with Gasteiger partial charge in [-0.15, -0.1) is 0 Å². The van der Waals surface area contributed by atoms with Crippen molar-refractivity contribution in [1.29, 1.82) is 0 Å². The van der Waals surface area contributed by atoms with Gasteiger partial charge in [0.05, 0.1) is 13.2 Å². The lowest BCUT2D eigenvalue weighted by molar-refractivity contribution is -0.318. The Balaban J connectivity index is 1.50. The minimum atomic E-state index is -4.04. The van der Waals surface area contributed by atoms with Crippen molar-refractivity contribution in [2.24, 2.45) is 46.3 Å². The lowest BCUT2D eigenvalue weighted by Gasteiger charge is -2.61. The molecule has 0 aromatic heterocycles. The SMILES string of the molecule is COOC1CCC2(C)C(CC[C@@H]3C2CCC2(C)C3CCC2[C@H](C)CC(F)(F)F)C1. The maximum atomic E-state index is 13.1. The van der Waals surface area contributed by atoms with Crippen molar-refractivity contribution in [2.45, 2.75) is 97.3 Å². The third-order valence-electron chi connectivity index (χ3n) is 10.2. The molecule has 0 saturated heterocycles. The van der Waals surface area contributed by atoms with E-state index in [1.165, 1.54) is 25.7 Å². The molecule has 5 heteroatoms. The normalized spacial score (nSPS) is 48.5. The third-order valence-corrected chi connectivity index (χ3v) is 10.2. The molecule has 2 nitrogen and oxygen atoms in total. The molecule has 0 spiro atoms. The van der Waals surface area contributed by atoms with E-state index in [1.54, 1.807) is 7.11 Å². The van der Waals surface area contributed by atoms with Crippen LogP contribution in [0.2, 0.25) is 0 Å². The molecule has 168 valence electrons. The fourth-order valence-corrected chi connectivity index (χ4v) is 8.92. The summed E-state index contributed by atoms with van der Waals surface area (Å²) in [4.78, 5) is 10.4. The topological polar surface area (TPSA) is 18.5 Å². The van der Waals surface area contributed by atoms with Crippen molar-refractivity contribution in [3.8, 4) is 0 Å². The van der Waals surface area contributed by atoms with Crippen LogP contribution in [0.1, 0.15) is 85.0 Å². The number of rotatable bonds is 4. The van der Waals surface area contributed by atoms with Gasteiger partial charge in [-0.2, -0.15) is 13.2 Å². The van der Waals surface area contributed by atoms with Gasteiger partial charge in [0.1, 0.15) is 0 Å². The summed E-state index contributed by atoms with van der Waals surface area (Å²) in [5, 5.41) is 0. The first-order valence-electron chi connectivity index (χ1n) is 11.8. The Labute approximate surface area is 174 Å². The quantitative estimate of drug-likeness (QED) is 0.357. The predicted molar refractivity (Wildman–Crippen MR) is 107 cm³/mol. The molecule has 0 N–H and O–H groups in total. The Kier molecular flexibility index (Phi) is 5.81. The van der Waals surface area contributed by atoms with Crippen LogP contribution in [0.3, 0.4) is 0 Å². The molecule has 0 bridgehead atoms. The van der Waals surface area contributed by atoms with E-state index >= 15 is 0 Å². The fraction of sp³-hybridized carbons (Fsp3) is 1.00. The third kappa shape index (κ3) is 3.77. The van der Waals surface area contributed by atoms with Crippen molar-refractivity contribution in [1.82, 2.24) is 0 Å². The second kappa shape index (κ2) is 7.69. The summed E-state index contributed by atoms with van der Waals surface area (Å²) in [6.45, 7) is 6.71. The van der Waals surface area contributed by atoms with Gasteiger partial charge in [-0.1, -0.05) is 20.8 Å². The van der Waals surface area contributed by atoms with Gasteiger partial charge in [-0.3, -0.25) is 0 Å². The molecule has 4 rings (SSSR count). The first-order chi connectivity index (χ1) is 13.6. The predicted octanol–water partition coefficient (Wildman–Crippen LogP) is 7.18. The zero-order valence-corrected chi connectivity index (χ0v) is 18.6. The Hall–Kier alpha value is -0.290. The minimum Gasteiger partial charge on any atom is -0.240 e. The molecular formula is C24H39F3O2. The van der Waals surface area contributed by atoms with Crippen LogP contribution in [0.5, 0.6) is 0 Å². The zero-order valence-electron chi connectivity index (χ0n) is 18.6. The molecule has 0 radical (unpaired) electrons. The van der Waals surface area contributed by atoms with E-state index in [2.05, 4.69) is 13.8 Å². The van der Waals surface area contributed by atoms with E-state index in [9.17, 15) is 13.2 Å². The highest BCUT2D eigenvalue weighted by Gasteiger charge is 2.61. The molecule has 4 saturated carbocycles. The van der Waals surface area contributed by atoms with E-state index in [-0.39, 0.29) is 23.4 Å². The molecule has 0 amide bonds. The van der Waals surface area contributed by atoms with Crippen LogP contribution in [0, 0.1) is 46.3 Å². The zero-order chi connectivity index (χ0) is 21.0. The number of alkyl halides is 3. The van der Waals surface area contributed by atoms with Gasteiger partial charge in [-0.05, 0) is 104 Å². The summed E-state index contributed by atoms with van der Waals surface area (Å²) in [5.41, 5.74) is 0.471. The Morgan fingerprint density at radius 2 is 1.62 bits per heavy atom. The average molecular weight is 417 g/mol. The second-order valence-corrected chi connectivity index (χ2v) is 11.3. The monoisotopic (exact) mass is 416 g/mol. The highest BCUT2D eigenvalue weighted by Crippen LogP contribution is 2.68. The maximum Gasteiger partial charge on any atom is 0.389 e. The van der Waals surface area contributed by atoms with Crippen LogP contribution < -0.4 is 0 Å². The van der Waals surface area contributed by atoms with Gasteiger partial charge in [0.25, 0.3) is 0 Å². The smallest absolute Gasteiger partial charge is 0.240 e. The van der Waals surface area contributed by atoms with Crippen molar-refractivity contribution < 1.29 is 22.9 Å². The molecule has 4 aliphatic carbocycles. The Bertz CT molecular complexity index is 593. The van der Waals surface area contributed by atoms with Crippen LogP contribution in [0.4, 0.5) is 13.2 Å². The van der Waals surface area contributed by atoms with Crippen LogP contribution in [-0.4, -0.2) is 19.4 Å². The molecule has 9 atom stereocenters. The van der Waals surface area contributed by atoms with Gasteiger partial charge < -0.3 is 0 Å². The molecule has 4 fully saturated rings. The van der Waals surface area contributed by atoms with Crippen molar-refractivity contribution >= 4 is 0 Å². The summed E-state index contributed by atoms with van der Waals surface area (Å²) < 4.78 is 39.2. The summed E-state index contributed by atoms with van der Waals surface area (Å²) in [5.74, 6) is 2.73. The van der Waals surface area contributed by atoms with Crippen molar-refractivity contribution in [3.05, 3.63) is 0 Å². The van der Waals surface area contributed by atoms with Gasteiger partial charge in [0, 0.05) is 6.42 Å². The van der Waals surface area contributed by atoms with Gasteiger partial charge >= 0.3 is 6.18 Å². The van der Waals surface area contributed by atoms with Gasteiger partial charge in [0.15, 0.2) is 0 Å². The highest BCUT2D eigenvalue weighted by atomic mass is 19.4. The van der Waals surface area contributed by atoms with Gasteiger partial charge in [0.2, 0.25) is 0 Å². The Morgan fingerprint density at radius 1 is 0.931 bits per heavy atom. The average Bonchev–Trinajstić information content (AvgIpc) is 2.98. The van der Waals surface area contributed by atoms with Crippen LogP contribution in [0.15, 0.2) is 0 Å².